The second-order valence-corrected chi connectivity index (χ2v) is 6.14. The number of carbonyl (C=O) groups is 1. The van der Waals surface area contributed by atoms with E-state index in [-0.39, 0.29) is 11.9 Å². The van der Waals surface area contributed by atoms with E-state index in [1.165, 1.54) is 5.56 Å². The number of ether oxygens (including phenoxy) is 2. The molecule has 1 fully saturated rings. The Kier molecular flexibility index (Phi) is 5.55. The Morgan fingerprint density at radius 2 is 2.12 bits per heavy atom. The number of nitrogens with zero attached hydrogens (tertiary/aromatic N) is 2. The molecule has 6 nitrogen and oxygen atoms in total. The number of nitriles is 1. The van der Waals surface area contributed by atoms with Gasteiger partial charge in [0.1, 0.15) is 0 Å². The maximum absolute atomic E-state index is 12.0. The normalized spacial score (nSPS) is 20.2. The minimum Gasteiger partial charge on any atom is -0.490 e. The molecule has 1 N–H and O–H groups in total. The first-order valence-electron chi connectivity index (χ1n) is 8.55. The Labute approximate surface area is 142 Å². The molecule has 0 saturated carbocycles. The number of fused-ring (bicyclic) bond motifs is 1. The van der Waals surface area contributed by atoms with Crippen LogP contribution in [0.3, 0.4) is 0 Å². The second kappa shape index (κ2) is 8.02. The molecule has 6 heteroatoms. The summed E-state index contributed by atoms with van der Waals surface area (Å²) in [6.45, 7) is 3.05. The molecule has 0 aliphatic carbocycles. The average molecular weight is 329 g/mol. The van der Waals surface area contributed by atoms with Crippen molar-refractivity contribution in [2.24, 2.45) is 0 Å². The molecular weight excluding hydrogens is 306 g/mol. The van der Waals surface area contributed by atoms with E-state index in [0.29, 0.717) is 32.7 Å². The van der Waals surface area contributed by atoms with E-state index >= 15 is 0 Å². The molecule has 24 heavy (non-hydrogen) atoms. The number of hydrogen-bond acceptors (Lipinski definition) is 5. The fourth-order valence-electron chi connectivity index (χ4n) is 3.28. The summed E-state index contributed by atoms with van der Waals surface area (Å²) >= 11 is 0. The minimum absolute atomic E-state index is 0.0218. The third kappa shape index (κ3) is 3.98. The van der Waals surface area contributed by atoms with Crippen molar-refractivity contribution in [3.8, 4) is 17.6 Å². The van der Waals surface area contributed by atoms with Gasteiger partial charge in [-0.2, -0.15) is 5.26 Å². The summed E-state index contributed by atoms with van der Waals surface area (Å²) in [5, 5.41) is 11.3. The SMILES string of the molecule is N#CCCNC(=O)CN1CCCC1c1ccc2c(c1)OCCCO2. The van der Waals surface area contributed by atoms with Crippen molar-refractivity contribution in [1.29, 1.82) is 5.26 Å². The van der Waals surface area contributed by atoms with Gasteiger partial charge in [-0.15, -0.1) is 0 Å². The maximum Gasteiger partial charge on any atom is 0.234 e. The molecule has 128 valence electrons. The Balaban J connectivity index is 1.66. The average Bonchev–Trinajstić information content (AvgIpc) is 2.90. The quantitative estimate of drug-likeness (QED) is 0.837. The highest BCUT2D eigenvalue weighted by Crippen LogP contribution is 2.37. The molecule has 3 rings (SSSR count). The van der Waals surface area contributed by atoms with E-state index in [1.807, 2.05) is 12.1 Å². The van der Waals surface area contributed by atoms with Crippen molar-refractivity contribution in [2.45, 2.75) is 31.7 Å². The molecule has 1 amide bonds. The number of carbonyl (C=O) groups excluding carboxylic acids is 1. The zero-order chi connectivity index (χ0) is 16.8. The molecule has 1 atom stereocenters. The number of likely N-dealkylation sites (tertiary alicyclic amines) is 1. The highest BCUT2D eigenvalue weighted by Gasteiger charge is 2.28. The summed E-state index contributed by atoms with van der Waals surface area (Å²) < 4.78 is 11.5. The van der Waals surface area contributed by atoms with Gasteiger partial charge in [0.2, 0.25) is 5.91 Å². The van der Waals surface area contributed by atoms with Crippen molar-refractivity contribution >= 4 is 5.91 Å². The lowest BCUT2D eigenvalue weighted by Gasteiger charge is -2.24. The number of nitrogens with one attached hydrogen (secondary N) is 1. The van der Waals surface area contributed by atoms with Crippen LogP contribution in [0.15, 0.2) is 18.2 Å². The first kappa shape index (κ1) is 16.6. The molecule has 1 unspecified atom stereocenters. The Morgan fingerprint density at radius 3 is 2.96 bits per heavy atom. The van der Waals surface area contributed by atoms with E-state index in [4.69, 9.17) is 14.7 Å². The van der Waals surface area contributed by atoms with E-state index in [0.717, 1.165) is 37.3 Å². The number of benzene rings is 1. The van der Waals surface area contributed by atoms with Gasteiger partial charge in [0.05, 0.1) is 32.2 Å². The first-order valence-corrected chi connectivity index (χ1v) is 8.55. The van der Waals surface area contributed by atoms with Gasteiger partial charge in [-0.3, -0.25) is 9.69 Å². The minimum atomic E-state index is -0.0218. The summed E-state index contributed by atoms with van der Waals surface area (Å²) in [4.78, 5) is 14.2. The van der Waals surface area contributed by atoms with Crippen LogP contribution in [-0.4, -0.2) is 43.7 Å². The van der Waals surface area contributed by atoms with Gasteiger partial charge in [-0.25, -0.2) is 0 Å². The lowest BCUT2D eigenvalue weighted by atomic mass is 10.0. The van der Waals surface area contributed by atoms with Crippen molar-refractivity contribution < 1.29 is 14.3 Å². The Hall–Kier alpha value is -2.26. The van der Waals surface area contributed by atoms with Crippen molar-refractivity contribution in [2.75, 3.05) is 32.8 Å². The van der Waals surface area contributed by atoms with Crippen LogP contribution in [-0.2, 0) is 4.79 Å². The summed E-state index contributed by atoms with van der Waals surface area (Å²) in [7, 11) is 0. The van der Waals surface area contributed by atoms with Crippen LogP contribution in [0.4, 0.5) is 0 Å². The molecule has 2 heterocycles. The highest BCUT2D eigenvalue weighted by molar-refractivity contribution is 5.78. The van der Waals surface area contributed by atoms with Crippen LogP contribution in [0.5, 0.6) is 11.5 Å². The smallest absolute Gasteiger partial charge is 0.234 e. The van der Waals surface area contributed by atoms with Gasteiger partial charge in [-0.05, 0) is 37.1 Å². The molecule has 2 aliphatic heterocycles. The van der Waals surface area contributed by atoms with Gasteiger partial charge in [0.15, 0.2) is 11.5 Å². The molecule has 0 spiro atoms. The van der Waals surface area contributed by atoms with E-state index in [9.17, 15) is 4.79 Å². The van der Waals surface area contributed by atoms with Crippen LogP contribution in [0.1, 0.15) is 37.3 Å². The van der Waals surface area contributed by atoms with E-state index in [1.54, 1.807) is 0 Å². The summed E-state index contributed by atoms with van der Waals surface area (Å²) in [5.74, 6) is 1.58. The van der Waals surface area contributed by atoms with E-state index < -0.39 is 0 Å². The Bertz CT molecular complexity index is 626. The van der Waals surface area contributed by atoms with Gasteiger partial charge in [0.25, 0.3) is 0 Å². The zero-order valence-corrected chi connectivity index (χ0v) is 13.8. The molecular formula is C18H23N3O3. The van der Waals surface area contributed by atoms with Crippen LogP contribution in [0, 0.1) is 11.3 Å². The lowest BCUT2D eigenvalue weighted by Crippen LogP contribution is -2.37. The molecule has 1 saturated heterocycles. The maximum atomic E-state index is 12.0. The van der Waals surface area contributed by atoms with Gasteiger partial charge in [-0.1, -0.05) is 6.07 Å². The summed E-state index contributed by atoms with van der Waals surface area (Å²) in [6, 6.07) is 8.36. The summed E-state index contributed by atoms with van der Waals surface area (Å²) in [5.41, 5.74) is 1.17. The fraction of sp³-hybridized carbons (Fsp3) is 0.556. The third-order valence-corrected chi connectivity index (χ3v) is 4.43. The second-order valence-electron chi connectivity index (χ2n) is 6.14. The first-order chi connectivity index (χ1) is 11.8. The van der Waals surface area contributed by atoms with Crippen LogP contribution >= 0.6 is 0 Å². The molecule has 0 aromatic heterocycles. The standard InChI is InChI=1S/C18H23N3O3/c19-7-2-8-20-18(22)13-21-9-1-4-15(21)14-5-6-16-17(12-14)24-11-3-10-23-16/h5-6,12,15H,1-4,8-11,13H2,(H,20,22). The molecule has 0 bridgehead atoms. The molecule has 2 aliphatic rings. The lowest BCUT2D eigenvalue weighted by molar-refractivity contribution is -0.122. The van der Waals surface area contributed by atoms with Crippen molar-refractivity contribution in [3.05, 3.63) is 23.8 Å². The number of hydrogen-bond donors (Lipinski definition) is 1. The van der Waals surface area contributed by atoms with Gasteiger partial charge in [0, 0.05) is 19.0 Å². The number of amides is 1. The predicted molar refractivity (Wildman–Crippen MR) is 88.8 cm³/mol. The van der Waals surface area contributed by atoms with Gasteiger partial charge >= 0.3 is 0 Å². The molecule has 1 aromatic carbocycles. The van der Waals surface area contributed by atoms with Crippen LogP contribution in [0.25, 0.3) is 0 Å². The van der Waals surface area contributed by atoms with Crippen LogP contribution in [0.2, 0.25) is 0 Å². The van der Waals surface area contributed by atoms with Crippen molar-refractivity contribution in [1.82, 2.24) is 10.2 Å². The fourth-order valence-corrected chi connectivity index (χ4v) is 3.28. The van der Waals surface area contributed by atoms with Gasteiger partial charge < -0.3 is 14.8 Å². The van der Waals surface area contributed by atoms with Crippen LogP contribution < -0.4 is 14.8 Å². The number of rotatable bonds is 5. The summed E-state index contributed by atoms with van der Waals surface area (Å²) in [6.07, 6.45) is 3.34. The molecule has 1 aromatic rings. The van der Waals surface area contributed by atoms with Crippen molar-refractivity contribution in [3.63, 3.8) is 0 Å². The topological polar surface area (TPSA) is 74.6 Å². The highest BCUT2D eigenvalue weighted by atomic mass is 16.5. The third-order valence-electron chi connectivity index (χ3n) is 4.43. The molecule has 0 radical (unpaired) electrons. The Morgan fingerprint density at radius 1 is 1.29 bits per heavy atom. The van der Waals surface area contributed by atoms with E-state index in [2.05, 4.69) is 22.3 Å². The largest absolute Gasteiger partial charge is 0.490 e. The predicted octanol–water partition coefficient (Wildman–Crippen LogP) is 2.01. The monoisotopic (exact) mass is 329 g/mol. The zero-order valence-electron chi connectivity index (χ0n) is 13.8.